The van der Waals surface area contributed by atoms with E-state index in [0.717, 1.165) is 36.2 Å². The summed E-state index contributed by atoms with van der Waals surface area (Å²) < 4.78 is 11.3. The second-order valence-corrected chi connectivity index (χ2v) is 6.60. The molecule has 0 saturated heterocycles. The van der Waals surface area contributed by atoms with Crippen molar-refractivity contribution >= 4 is 0 Å². The summed E-state index contributed by atoms with van der Waals surface area (Å²) in [5.41, 5.74) is 7.68. The lowest BCUT2D eigenvalue weighted by Gasteiger charge is -2.39. The molecule has 20 heavy (non-hydrogen) atoms. The molecule has 0 amide bonds. The molecule has 2 aliphatic rings. The maximum atomic E-state index is 6.68. The molecule has 2 N–H and O–H groups in total. The minimum absolute atomic E-state index is 0.193. The molecule has 0 unspecified atom stereocenters. The summed E-state index contributed by atoms with van der Waals surface area (Å²) in [5.74, 6) is 3.28. The third kappa shape index (κ3) is 2.51. The molecule has 0 bridgehead atoms. The van der Waals surface area contributed by atoms with Crippen LogP contribution in [0.1, 0.15) is 45.1 Å². The van der Waals surface area contributed by atoms with Gasteiger partial charge in [-0.05, 0) is 55.2 Å². The fourth-order valence-corrected chi connectivity index (χ4v) is 3.46. The minimum atomic E-state index is -0.193. The maximum absolute atomic E-state index is 6.68. The normalized spacial score (nSPS) is 29.5. The third-order valence-corrected chi connectivity index (χ3v) is 4.98. The van der Waals surface area contributed by atoms with Crippen molar-refractivity contribution in [2.24, 2.45) is 17.6 Å². The van der Waals surface area contributed by atoms with E-state index in [9.17, 15) is 0 Å². The Labute approximate surface area is 121 Å². The fourth-order valence-electron chi connectivity index (χ4n) is 3.46. The van der Waals surface area contributed by atoms with Crippen LogP contribution in [0.5, 0.6) is 11.5 Å². The summed E-state index contributed by atoms with van der Waals surface area (Å²) in [4.78, 5) is 0. The first-order valence-electron chi connectivity index (χ1n) is 7.77. The van der Waals surface area contributed by atoms with E-state index in [-0.39, 0.29) is 5.54 Å². The predicted molar refractivity (Wildman–Crippen MR) is 80.1 cm³/mol. The van der Waals surface area contributed by atoms with Gasteiger partial charge in [0.1, 0.15) is 13.2 Å². The summed E-state index contributed by atoms with van der Waals surface area (Å²) in [6.07, 6.45) is 4.58. The smallest absolute Gasteiger partial charge is 0.161 e. The molecule has 1 heterocycles. The highest BCUT2D eigenvalue weighted by Crippen LogP contribution is 2.42. The first kappa shape index (κ1) is 13.7. The summed E-state index contributed by atoms with van der Waals surface area (Å²) in [7, 11) is 0. The van der Waals surface area contributed by atoms with E-state index in [4.69, 9.17) is 15.2 Å². The van der Waals surface area contributed by atoms with Crippen LogP contribution in [-0.4, -0.2) is 13.2 Å². The van der Waals surface area contributed by atoms with Crippen molar-refractivity contribution in [2.45, 2.75) is 45.1 Å². The average Bonchev–Trinajstić information content (AvgIpc) is 2.47. The number of hydrogen-bond donors (Lipinski definition) is 1. The quantitative estimate of drug-likeness (QED) is 0.899. The van der Waals surface area contributed by atoms with Crippen molar-refractivity contribution in [1.82, 2.24) is 0 Å². The molecule has 0 radical (unpaired) electrons. The lowest BCUT2D eigenvalue weighted by Crippen LogP contribution is -2.41. The second kappa shape index (κ2) is 5.28. The number of ether oxygens (including phenoxy) is 2. The van der Waals surface area contributed by atoms with Gasteiger partial charge in [0.25, 0.3) is 0 Å². The van der Waals surface area contributed by atoms with E-state index in [1.165, 1.54) is 18.4 Å². The molecule has 1 aromatic rings. The lowest BCUT2D eigenvalue weighted by atomic mass is 9.70. The van der Waals surface area contributed by atoms with Crippen LogP contribution in [0.4, 0.5) is 0 Å². The molecule has 3 heteroatoms. The van der Waals surface area contributed by atoms with Crippen LogP contribution in [0.3, 0.4) is 0 Å². The molecule has 1 saturated carbocycles. The van der Waals surface area contributed by atoms with Crippen LogP contribution in [0, 0.1) is 11.8 Å². The van der Waals surface area contributed by atoms with Crippen LogP contribution >= 0.6 is 0 Å². The Bertz CT molecular complexity index is 476. The fraction of sp³-hybridized carbons (Fsp3) is 0.647. The number of nitrogens with two attached hydrogens (primary N) is 1. The Morgan fingerprint density at radius 2 is 1.75 bits per heavy atom. The van der Waals surface area contributed by atoms with Crippen molar-refractivity contribution in [3.63, 3.8) is 0 Å². The number of fused-ring (bicyclic) bond motifs is 1. The van der Waals surface area contributed by atoms with Crippen molar-refractivity contribution in [1.29, 1.82) is 0 Å². The minimum Gasteiger partial charge on any atom is -0.486 e. The molecular formula is C17H25NO2. The zero-order chi connectivity index (χ0) is 14.2. The summed E-state index contributed by atoms with van der Waals surface area (Å²) >= 11 is 0. The highest BCUT2D eigenvalue weighted by atomic mass is 16.6. The Balaban J connectivity index is 1.79. The highest BCUT2D eigenvalue weighted by Gasteiger charge is 2.34. The number of hydrogen-bond acceptors (Lipinski definition) is 3. The van der Waals surface area contributed by atoms with Gasteiger partial charge in [-0.25, -0.2) is 0 Å². The van der Waals surface area contributed by atoms with E-state index in [0.29, 0.717) is 13.2 Å². The maximum Gasteiger partial charge on any atom is 0.161 e. The third-order valence-electron chi connectivity index (χ3n) is 4.98. The van der Waals surface area contributed by atoms with Crippen LogP contribution in [0.2, 0.25) is 0 Å². The van der Waals surface area contributed by atoms with Crippen LogP contribution in [0.15, 0.2) is 18.2 Å². The molecule has 1 aromatic carbocycles. The van der Waals surface area contributed by atoms with Crippen LogP contribution in [0.25, 0.3) is 0 Å². The molecule has 110 valence electrons. The van der Waals surface area contributed by atoms with E-state index < -0.39 is 0 Å². The Morgan fingerprint density at radius 1 is 1.10 bits per heavy atom. The molecule has 1 fully saturated rings. The summed E-state index contributed by atoms with van der Waals surface area (Å²) in [6, 6.07) is 6.21. The average molecular weight is 275 g/mol. The molecule has 1 aliphatic heterocycles. The monoisotopic (exact) mass is 275 g/mol. The molecule has 0 spiro atoms. The van der Waals surface area contributed by atoms with E-state index >= 15 is 0 Å². The van der Waals surface area contributed by atoms with Crippen LogP contribution in [-0.2, 0) is 5.54 Å². The lowest BCUT2D eigenvalue weighted by molar-refractivity contribution is 0.169. The summed E-state index contributed by atoms with van der Waals surface area (Å²) in [5, 5.41) is 0. The van der Waals surface area contributed by atoms with Gasteiger partial charge < -0.3 is 15.2 Å². The Kier molecular flexibility index (Phi) is 3.63. The molecule has 3 rings (SSSR count). The topological polar surface area (TPSA) is 44.5 Å². The van der Waals surface area contributed by atoms with Crippen molar-refractivity contribution < 1.29 is 9.47 Å². The van der Waals surface area contributed by atoms with Gasteiger partial charge in [-0.15, -0.1) is 0 Å². The van der Waals surface area contributed by atoms with E-state index in [1.807, 2.05) is 6.07 Å². The van der Waals surface area contributed by atoms with Gasteiger partial charge in [0.05, 0.1) is 0 Å². The van der Waals surface area contributed by atoms with Crippen molar-refractivity contribution in [2.75, 3.05) is 13.2 Å². The van der Waals surface area contributed by atoms with Crippen LogP contribution < -0.4 is 15.2 Å². The zero-order valence-electron chi connectivity index (χ0n) is 12.5. The first-order valence-corrected chi connectivity index (χ1v) is 7.77. The molecular weight excluding hydrogens is 250 g/mol. The Morgan fingerprint density at radius 3 is 2.40 bits per heavy atom. The second-order valence-electron chi connectivity index (χ2n) is 6.60. The molecule has 1 aliphatic carbocycles. The first-order chi connectivity index (χ1) is 9.58. The molecule has 0 atom stereocenters. The number of rotatable bonds is 2. The molecule has 3 nitrogen and oxygen atoms in total. The summed E-state index contributed by atoms with van der Waals surface area (Å²) in [6.45, 7) is 5.90. The van der Waals surface area contributed by atoms with E-state index in [1.54, 1.807) is 0 Å². The Hall–Kier alpha value is -1.22. The van der Waals surface area contributed by atoms with Crippen molar-refractivity contribution in [3.8, 4) is 11.5 Å². The van der Waals surface area contributed by atoms with Crippen molar-refractivity contribution in [3.05, 3.63) is 23.8 Å². The SMILES string of the molecule is CC(C)C1CCC(N)(c2ccc3c(c2)OCCO3)CC1. The van der Waals surface area contributed by atoms with Gasteiger partial charge in [-0.1, -0.05) is 19.9 Å². The van der Waals surface area contributed by atoms with Gasteiger partial charge in [0.2, 0.25) is 0 Å². The van der Waals surface area contributed by atoms with Gasteiger partial charge in [-0.3, -0.25) is 0 Å². The zero-order valence-corrected chi connectivity index (χ0v) is 12.5. The predicted octanol–water partition coefficient (Wildman–Crippen LogP) is 3.46. The highest BCUT2D eigenvalue weighted by molar-refractivity contribution is 5.45. The largest absolute Gasteiger partial charge is 0.486 e. The van der Waals surface area contributed by atoms with Gasteiger partial charge in [-0.2, -0.15) is 0 Å². The van der Waals surface area contributed by atoms with E-state index in [2.05, 4.69) is 26.0 Å². The van der Waals surface area contributed by atoms with Gasteiger partial charge in [0.15, 0.2) is 11.5 Å². The van der Waals surface area contributed by atoms with Gasteiger partial charge >= 0.3 is 0 Å². The van der Waals surface area contributed by atoms with Gasteiger partial charge in [0, 0.05) is 5.54 Å². The molecule has 0 aromatic heterocycles. The standard InChI is InChI=1S/C17H25NO2/c1-12(2)13-5-7-17(18,8-6-13)14-3-4-15-16(11-14)20-10-9-19-15/h3-4,11-13H,5-10,18H2,1-2H3. The number of benzene rings is 1.